The molecule has 0 heterocycles. The van der Waals surface area contributed by atoms with Crippen LogP contribution in [-0.4, -0.2) is 12.3 Å². The fourth-order valence-corrected chi connectivity index (χ4v) is 2.76. The number of rotatable bonds is 6. The molecule has 2 aromatic carbocycles. The Bertz CT molecular complexity index is 484. The van der Waals surface area contributed by atoms with E-state index in [-0.39, 0.29) is 0 Å². The molecular weight excluding hydrogens is 274 g/mol. The minimum atomic E-state index is 0.355. The van der Waals surface area contributed by atoms with Crippen LogP contribution in [0.15, 0.2) is 59.5 Å². The van der Waals surface area contributed by atoms with Crippen molar-refractivity contribution < 1.29 is 0 Å². The van der Waals surface area contributed by atoms with Gasteiger partial charge < -0.3 is 5.32 Å². The Kier molecular flexibility index (Phi) is 5.77. The molecular formula is C16H18ClNS. The molecule has 0 aliphatic heterocycles. The summed E-state index contributed by atoms with van der Waals surface area (Å²) in [5.41, 5.74) is 1.27. The number of hydrogen-bond donors (Lipinski definition) is 1. The monoisotopic (exact) mass is 291 g/mol. The van der Waals surface area contributed by atoms with Crippen molar-refractivity contribution in [3.63, 3.8) is 0 Å². The highest BCUT2D eigenvalue weighted by molar-refractivity contribution is 7.99. The predicted molar refractivity (Wildman–Crippen MR) is 85.0 cm³/mol. The third-order valence-corrected chi connectivity index (χ3v) is 4.20. The molecule has 0 bridgehead atoms. The van der Waals surface area contributed by atoms with E-state index in [4.69, 9.17) is 11.6 Å². The van der Waals surface area contributed by atoms with Crippen molar-refractivity contribution >= 4 is 23.4 Å². The lowest BCUT2D eigenvalue weighted by Gasteiger charge is -2.14. The van der Waals surface area contributed by atoms with E-state index in [0.717, 1.165) is 17.3 Å². The van der Waals surface area contributed by atoms with E-state index in [1.54, 1.807) is 0 Å². The van der Waals surface area contributed by atoms with Gasteiger partial charge in [-0.1, -0.05) is 41.9 Å². The molecule has 0 spiro atoms. The fourth-order valence-electron chi connectivity index (χ4n) is 1.83. The molecule has 1 nitrogen and oxygen atoms in total. The van der Waals surface area contributed by atoms with Gasteiger partial charge in [-0.25, -0.2) is 0 Å². The summed E-state index contributed by atoms with van der Waals surface area (Å²) < 4.78 is 0. The number of thioether (sulfide) groups is 1. The van der Waals surface area contributed by atoms with E-state index in [1.807, 2.05) is 30.0 Å². The molecule has 0 saturated heterocycles. The minimum Gasteiger partial charge on any atom is -0.309 e. The Morgan fingerprint density at radius 1 is 1.05 bits per heavy atom. The number of halogens is 1. The molecule has 3 heteroatoms. The Hall–Kier alpha value is -0.960. The highest BCUT2D eigenvalue weighted by Crippen LogP contribution is 2.18. The number of nitrogens with one attached hydrogen (secondary N) is 1. The van der Waals surface area contributed by atoms with Crippen molar-refractivity contribution in [2.75, 3.05) is 12.3 Å². The molecule has 2 aromatic rings. The van der Waals surface area contributed by atoms with E-state index >= 15 is 0 Å². The zero-order valence-electron chi connectivity index (χ0n) is 11.0. The van der Waals surface area contributed by atoms with Crippen molar-refractivity contribution in [1.29, 1.82) is 0 Å². The van der Waals surface area contributed by atoms with Crippen LogP contribution < -0.4 is 5.32 Å². The van der Waals surface area contributed by atoms with Crippen LogP contribution in [0.25, 0.3) is 0 Å². The zero-order chi connectivity index (χ0) is 13.5. The Morgan fingerprint density at radius 3 is 2.42 bits per heavy atom. The molecule has 0 amide bonds. The summed E-state index contributed by atoms with van der Waals surface area (Å²) in [7, 11) is 0. The Morgan fingerprint density at radius 2 is 1.74 bits per heavy atom. The van der Waals surface area contributed by atoms with Crippen molar-refractivity contribution in [1.82, 2.24) is 5.32 Å². The average molecular weight is 292 g/mol. The molecule has 1 N–H and O–H groups in total. The second-order valence-corrected chi connectivity index (χ2v) is 5.99. The summed E-state index contributed by atoms with van der Waals surface area (Å²) in [4.78, 5) is 1.32. The SMILES string of the molecule is CC(NCCSc1ccccc1)c1ccc(Cl)cc1. The van der Waals surface area contributed by atoms with Crippen LogP contribution in [0.3, 0.4) is 0 Å². The first-order valence-corrected chi connectivity index (χ1v) is 7.79. The highest BCUT2D eigenvalue weighted by atomic mass is 35.5. The summed E-state index contributed by atoms with van der Waals surface area (Å²) in [5.74, 6) is 1.07. The molecule has 19 heavy (non-hydrogen) atoms. The molecule has 0 aliphatic carbocycles. The lowest BCUT2D eigenvalue weighted by Crippen LogP contribution is -2.21. The predicted octanol–water partition coefficient (Wildman–Crippen LogP) is 4.78. The Labute approximate surface area is 124 Å². The van der Waals surface area contributed by atoms with Gasteiger partial charge in [0.05, 0.1) is 0 Å². The quantitative estimate of drug-likeness (QED) is 0.607. The van der Waals surface area contributed by atoms with Gasteiger partial charge in [-0.15, -0.1) is 11.8 Å². The third-order valence-electron chi connectivity index (χ3n) is 2.93. The van der Waals surface area contributed by atoms with Gasteiger partial charge >= 0.3 is 0 Å². The third kappa shape index (κ3) is 4.90. The lowest BCUT2D eigenvalue weighted by atomic mass is 10.1. The van der Waals surface area contributed by atoms with Crippen molar-refractivity contribution in [2.45, 2.75) is 17.9 Å². The molecule has 0 aromatic heterocycles. The van der Waals surface area contributed by atoms with Crippen LogP contribution >= 0.6 is 23.4 Å². The molecule has 0 aliphatic rings. The van der Waals surface area contributed by atoms with Gasteiger partial charge in [0.15, 0.2) is 0 Å². The topological polar surface area (TPSA) is 12.0 Å². The smallest absolute Gasteiger partial charge is 0.0406 e. The van der Waals surface area contributed by atoms with Crippen LogP contribution in [0.5, 0.6) is 0 Å². The van der Waals surface area contributed by atoms with Gasteiger partial charge in [-0.3, -0.25) is 0 Å². The minimum absolute atomic E-state index is 0.355. The van der Waals surface area contributed by atoms with Crippen molar-refractivity contribution in [2.24, 2.45) is 0 Å². The number of benzene rings is 2. The van der Waals surface area contributed by atoms with Gasteiger partial charge in [-0.2, -0.15) is 0 Å². The summed E-state index contributed by atoms with van der Waals surface area (Å²) >= 11 is 7.76. The summed E-state index contributed by atoms with van der Waals surface area (Å²) in [6, 6.07) is 18.9. The molecule has 0 saturated carbocycles. The molecule has 1 atom stereocenters. The largest absolute Gasteiger partial charge is 0.309 e. The van der Waals surface area contributed by atoms with Crippen LogP contribution in [0.1, 0.15) is 18.5 Å². The molecule has 1 unspecified atom stereocenters. The average Bonchev–Trinajstić information content (AvgIpc) is 2.45. The van der Waals surface area contributed by atoms with Crippen molar-refractivity contribution in [3.8, 4) is 0 Å². The normalized spacial score (nSPS) is 12.3. The summed E-state index contributed by atoms with van der Waals surface area (Å²) in [5, 5.41) is 4.31. The van der Waals surface area contributed by atoms with Gasteiger partial charge in [0.1, 0.15) is 0 Å². The lowest BCUT2D eigenvalue weighted by molar-refractivity contribution is 0.601. The molecule has 100 valence electrons. The van der Waals surface area contributed by atoms with E-state index in [0.29, 0.717) is 6.04 Å². The first-order valence-electron chi connectivity index (χ1n) is 6.42. The molecule has 0 fully saturated rings. The first kappa shape index (κ1) is 14.4. The van der Waals surface area contributed by atoms with E-state index in [9.17, 15) is 0 Å². The van der Waals surface area contributed by atoms with Crippen LogP contribution in [0.4, 0.5) is 0 Å². The number of hydrogen-bond acceptors (Lipinski definition) is 2. The fraction of sp³-hybridized carbons (Fsp3) is 0.250. The van der Waals surface area contributed by atoms with E-state index < -0.39 is 0 Å². The molecule has 0 radical (unpaired) electrons. The van der Waals surface area contributed by atoms with Crippen molar-refractivity contribution in [3.05, 3.63) is 65.2 Å². The maximum Gasteiger partial charge on any atom is 0.0406 e. The summed E-state index contributed by atoms with van der Waals surface area (Å²) in [6.45, 7) is 3.17. The van der Waals surface area contributed by atoms with Crippen LogP contribution in [-0.2, 0) is 0 Å². The van der Waals surface area contributed by atoms with Gasteiger partial charge in [0.25, 0.3) is 0 Å². The van der Waals surface area contributed by atoms with Gasteiger partial charge in [-0.05, 0) is 36.8 Å². The molecule has 2 rings (SSSR count). The highest BCUT2D eigenvalue weighted by Gasteiger charge is 2.03. The van der Waals surface area contributed by atoms with Gasteiger partial charge in [0.2, 0.25) is 0 Å². The van der Waals surface area contributed by atoms with Gasteiger partial charge in [0, 0.05) is 28.3 Å². The zero-order valence-corrected chi connectivity index (χ0v) is 12.5. The maximum atomic E-state index is 5.89. The first-order chi connectivity index (χ1) is 9.25. The summed E-state index contributed by atoms with van der Waals surface area (Å²) in [6.07, 6.45) is 0. The van der Waals surface area contributed by atoms with Crippen LogP contribution in [0, 0.1) is 0 Å². The second kappa shape index (κ2) is 7.59. The van der Waals surface area contributed by atoms with E-state index in [2.05, 4.69) is 48.6 Å². The van der Waals surface area contributed by atoms with E-state index in [1.165, 1.54) is 10.5 Å². The standard InChI is InChI=1S/C16H18ClNS/c1-13(14-7-9-15(17)10-8-14)18-11-12-19-16-5-3-2-4-6-16/h2-10,13,18H,11-12H2,1H3. The second-order valence-electron chi connectivity index (χ2n) is 4.39. The maximum absolute atomic E-state index is 5.89. The van der Waals surface area contributed by atoms with Crippen LogP contribution in [0.2, 0.25) is 5.02 Å². The Balaban J connectivity index is 1.72.